The molecule has 1 saturated heterocycles. The van der Waals surface area contributed by atoms with Crippen LogP contribution in [0.5, 0.6) is 5.75 Å². The molecule has 31 heavy (non-hydrogen) atoms. The Hall–Kier alpha value is -2.74. The van der Waals surface area contributed by atoms with Crippen molar-refractivity contribution in [2.24, 2.45) is 0 Å². The Morgan fingerprint density at radius 2 is 1.77 bits per heavy atom. The average molecular weight is 433 g/mol. The van der Waals surface area contributed by atoms with Crippen molar-refractivity contribution >= 4 is 11.7 Å². The summed E-state index contributed by atoms with van der Waals surface area (Å²) >= 11 is 0. The summed E-state index contributed by atoms with van der Waals surface area (Å²) in [6.07, 6.45) is 1.35. The Labute approximate surface area is 181 Å². The van der Waals surface area contributed by atoms with E-state index in [4.69, 9.17) is 0 Å². The van der Waals surface area contributed by atoms with Gasteiger partial charge in [-0.05, 0) is 50.6 Å². The Balaban J connectivity index is 1.71. The predicted octanol–water partition coefficient (Wildman–Crippen LogP) is 3.82. The maximum atomic E-state index is 13.1. The van der Waals surface area contributed by atoms with Gasteiger partial charge in [0.1, 0.15) is 5.75 Å². The fraction of sp³-hybridized carbons (Fsp3) is 0.478. The Morgan fingerprint density at radius 3 is 2.42 bits per heavy atom. The molecule has 6 nitrogen and oxygen atoms in total. The number of alkyl halides is 2. The molecule has 3 rings (SSSR count). The Morgan fingerprint density at radius 1 is 1.06 bits per heavy atom. The van der Waals surface area contributed by atoms with Crippen LogP contribution < -0.4 is 4.74 Å². The van der Waals surface area contributed by atoms with Crippen LogP contribution in [0.3, 0.4) is 0 Å². The third-order valence-electron chi connectivity index (χ3n) is 5.66. The van der Waals surface area contributed by atoms with Gasteiger partial charge in [0.05, 0.1) is 6.54 Å². The highest BCUT2D eigenvalue weighted by molar-refractivity contribution is 5.99. The van der Waals surface area contributed by atoms with E-state index < -0.39 is 6.61 Å². The Kier molecular flexibility index (Phi) is 7.43. The van der Waals surface area contributed by atoms with Crippen molar-refractivity contribution in [2.45, 2.75) is 40.2 Å². The molecule has 0 radical (unpaired) electrons. The lowest BCUT2D eigenvalue weighted by Crippen LogP contribution is -2.36. The van der Waals surface area contributed by atoms with Crippen LogP contribution in [0.1, 0.15) is 41.5 Å². The highest BCUT2D eigenvalue weighted by Crippen LogP contribution is 2.24. The molecule has 1 aliphatic heterocycles. The first-order valence-corrected chi connectivity index (χ1v) is 10.6. The first-order chi connectivity index (χ1) is 14.8. The molecule has 0 bridgehead atoms. The van der Waals surface area contributed by atoms with E-state index in [1.807, 2.05) is 36.3 Å². The van der Waals surface area contributed by atoms with E-state index in [1.54, 1.807) is 12.1 Å². The standard InChI is InChI=1S/C23H29F2N3O3/c1-4-22(30)27-11-5-10-26(12-13-27)15-21(29)20-14-16(2)28(17(20)3)18-6-8-19(9-7-18)31-23(24)25/h6-9,14,23H,4-5,10-13,15H2,1-3H3. The molecular formula is C23H29F2N3O3. The van der Waals surface area contributed by atoms with E-state index in [0.717, 1.165) is 36.6 Å². The molecule has 0 spiro atoms. The number of halogens is 2. The van der Waals surface area contributed by atoms with E-state index in [1.165, 1.54) is 12.1 Å². The molecule has 0 atom stereocenters. The fourth-order valence-electron chi connectivity index (χ4n) is 4.11. The lowest BCUT2D eigenvalue weighted by molar-refractivity contribution is -0.130. The second-order valence-corrected chi connectivity index (χ2v) is 7.78. The van der Waals surface area contributed by atoms with Gasteiger partial charge in [-0.1, -0.05) is 6.92 Å². The molecule has 0 saturated carbocycles. The van der Waals surface area contributed by atoms with Gasteiger partial charge in [0.15, 0.2) is 5.78 Å². The highest BCUT2D eigenvalue weighted by Gasteiger charge is 2.22. The van der Waals surface area contributed by atoms with Crippen LogP contribution in [0.4, 0.5) is 8.78 Å². The van der Waals surface area contributed by atoms with Crippen molar-refractivity contribution in [2.75, 3.05) is 32.7 Å². The van der Waals surface area contributed by atoms with Crippen molar-refractivity contribution in [1.82, 2.24) is 14.4 Å². The second kappa shape index (κ2) is 10.0. The van der Waals surface area contributed by atoms with Gasteiger partial charge in [0.25, 0.3) is 0 Å². The summed E-state index contributed by atoms with van der Waals surface area (Å²) in [6, 6.07) is 8.23. The number of carbonyl (C=O) groups excluding carboxylic acids is 2. The molecule has 0 N–H and O–H groups in total. The molecule has 1 fully saturated rings. The van der Waals surface area contributed by atoms with Crippen LogP contribution in [-0.4, -0.2) is 65.4 Å². The number of Topliss-reactive ketones (excluding diaryl/α,β-unsaturated/α-hetero) is 1. The summed E-state index contributed by atoms with van der Waals surface area (Å²) in [7, 11) is 0. The molecule has 2 aromatic rings. The van der Waals surface area contributed by atoms with Crippen LogP contribution in [0.2, 0.25) is 0 Å². The molecule has 0 unspecified atom stereocenters. The number of benzene rings is 1. The van der Waals surface area contributed by atoms with Gasteiger partial charge >= 0.3 is 6.61 Å². The minimum Gasteiger partial charge on any atom is -0.435 e. The van der Waals surface area contributed by atoms with Gasteiger partial charge in [0.2, 0.25) is 5.91 Å². The van der Waals surface area contributed by atoms with E-state index >= 15 is 0 Å². The summed E-state index contributed by atoms with van der Waals surface area (Å²) in [4.78, 5) is 29.0. The predicted molar refractivity (Wildman–Crippen MR) is 114 cm³/mol. The molecule has 8 heteroatoms. The molecule has 0 aliphatic carbocycles. The zero-order valence-electron chi connectivity index (χ0n) is 18.2. The van der Waals surface area contributed by atoms with Crippen molar-refractivity contribution in [3.63, 3.8) is 0 Å². The second-order valence-electron chi connectivity index (χ2n) is 7.78. The number of aromatic nitrogens is 1. The van der Waals surface area contributed by atoms with Crippen LogP contribution in [0.15, 0.2) is 30.3 Å². The van der Waals surface area contributed by atoms with Crippen LogP contribution >= 0.6 is 0 Å². The quantitative estimate of drug-likeness (QED) is 0.623. The van der Waals surface area contributed by atoms with Gasteiger partial charge in [0, 0.05) is 55.2 Å². The molecule has 168 valence electrons. The van der Waals surface area contributed by atoms with Crippen LogP contribution in [-0.2, 0) is 4.79 Å². The van der Waals surface area contributed by atoms with Gasteiger partial charge in [-0.25, -0.2) is 0 Å². The van der Waals surface area contributed by atoms with Crippen molar-refractivity contribution < 1.29 is 23.1 Å². The number of aryl methyl sites for hydroxylation is 1. The van der Waals surface area contributed by atoms with Crippen molar-refractivity contribution in [3.05, 3.63) is 47.3 Å². The van der Waals surface area contributed by atoms with E-state index in [0.29, 0.717) is 31.6 Å². The molecule has 1 aromatic carbocycles. The third kappa shape index (κ3) is 5.50. The first-order valence-electron chi connectivity index (χ1n) is 10.6. The number of hydrogen-bond donors (Lipinski definition) is 0. The number of ether oxygens (including phenoxy) is 1. The lowest BCUT2D eigenvalue weighted by atomic mass is 10.1. The summed E-state index contributed by atoms with van der Waals surface area (Å²) in [5, 5.41) is 0. The number of carbonyl (C=O) groups is 2. The summed E-state index contributed by atoms with van der Waals surface area (Å²) in [6.45, 7) is 5.94. The number of amides is 1. The minimum absolute atomic E-state index is 0.0345. The summed E-state index contributed by atoms with van der Waals surface area (Å²) < 4.78 is 31.1. The van der Waals surface area contributed by atoms with Gasteiger partial charge in [-0.2, -0.15) is 8.78 Å². The normalized spacial score (nSPS) is 15.2. The van der Waals surface area contributed by atoms with E-state index in [9.17, 15) is 18.4 Å². The van der Waals surface area contributed by atoms with E-state index in [-0.39, 0.29) is 17.4 Å². The van der Waals surface area contributed by atoms with Crippen LogP contribution in [0, 0.1) is 13.8 Å². The first kappa shape index (κ1) is 22.9. The largest absolute Gasteiger partial charge is 0.435 e. The topological polar surface area (TPSA) is 54.8 Å². The molecule has 1 amide bonds. The molecule has 1 aromatic heterocycles. The number of hydrogen-bond acceptors (Lipinski definition) is 4. The van der Waals surface area contributed by atoms with Crippen molar-refractivity contribution in [1.29, 1.82) is 0 Å². The monoisotopic (exact) mass is 433 g/mol. The number of nitrogens with zero attached hydrogens (tertiary/aromatic N) is 3. The molecule has 2 heterocycles. The van der Waals surface area contributed by atoms with Crippen LogP contribution in [0.25, 0.3) is 5.69 Å². The third-order valence-corrected chi connectivity index (χ3v) is 5.66. The summed E-state index contributed by atoms with van der Waals surface area (Å²) in [5.41, 5.74) is 3.12. The van der Waals surface area contributed by atoms with Crippen molar-refractivity contribution in [3.8, 4) is 11.4 Å². The van der Waals surface area contributed by atoms with E-state index in [2.05, 4.69) is 9.64 Å². The van der Waals surface area contributed by atoms with Gasteiger partial charge < -0.3 is 14.2 Å². The molecular weight excluding hydrogens is 404 g/mol. The van der Waals surface area contributed by atoms with Gasteiger partial charge in [-0.15, -0.1) is 0 Å². The Bertz CT molecular complexity index is 925. The maximum absolute atomic E-state index is 13.1. The minimum atomic E-state index is -2.86. The smallest absolute Gasteiger partial charge is 0.387 e. The summed E-state index contributed by atoms with van der Waals surface area (Å²) in [5.74, 6) is 0.281. The highest BCUT2D eigenvalue weighted by atomic mass is 19.3. The lowest BCUT2D eigenvalue weighted by Gasteiger charge is -2.21. The number of rotatable bonds is 7. The zero-order valence-corrected chi connectivity index (χ0v) is 18.2. The van der Waals surface area contributed by atoms with Gasteiger partial charge in [-0.3, -0.25) is 14.5 Å². The zero-order chi connectivity index (χ0) is 22.5. The number of ketones is 1. The maximum Gasteiger partial charge on any atom is 0.387 e. The fourth-order valence-corrected chi connectivity index (χ4v) is 4.11. The SMILES string of the molecule is CCC(=O)N1CCCN(CC(=O)c2cc(C)n(-c3ccc(OC(F)F)cc3)c2C)CC1. The average Bonchev–Trinajstić information content (AvgIpc) is 2.89. The molecule has 1 aliphatic rings.